The SMILES string of the molecule is CCN(CC(C)C(=O)O)C(=O)c1cc(Cl)c[nH]1. The molecule has 5 nitrogen and oxygen atoms in total. The summed E-state index contributed by atoms with van der Waals surface area (Å²) in [4.78, 5) is 27.0. The molecule has 1 unspecified atom stereocenters. The van der Waals surface area contributed by atoms with Gasteiger partial charge in [-0.15, -0.1) is 0 Å². The van der Waals surface area contributed by atoms with Crippen LogP contribution in [0.2, 0.25) is 5.02 Å². The van der Waals surface area contributed by atoms with Crippen molar-refractivity contribution in [1.29, 1.82) is 0 Å². The van der Waals surface area contributed by atoms with Crippen LogP contribution in [0, 0.1) is 5.92 Å². The average molecular weight is 259 g/mol. The number of aromatic nitrogens is 1. The van der Waals surface area contributed by atoms with E-state index in [9.17, 15) is 9.59 Å². The Hall–Kier alpha value is -1.49. The van der Waals surface area contributed by atoms with Gasteiger partial charge in [0.1, 0.15) is 5.69 Å². The van der Waals surface area contributed by atoms with Gasteiger partial charge >= 0.3 is 5.97 Å². The molecule has 6 heteroatoms. The number of halogens is 1. The summed E-state index contributed by atoms with van der Waals surface area (Å²) in [5.74, 6) is -1.75. The number of nitrogens with one attached hydrogen (secondary N) is 1. The number of carboxylic acids is 1. The third-order valence-corrected chi connectivity index (χ3v) is 2.68. The summed E-state index contributed by atoms with van der Waals surface area (Å²) in [7, 11) is 0. The van der Waals surface area contributed by atoms with Gasteiger partial charge in [-0.1, -0.05) is 18.5 Å². The molecule has 0 saturated heterocycles. The number of amides is 1. The van der Waals surface area contributed by atoms with Crippen LogP contribution < -0.4 is 0 Å². The van der Waals surface area contributed by atoms with Crippen LogP contribution in [-0.2, 0) is 4.79 Å². The van der Waals surface area contributed by atoms with E-state index in [0.29, 0.717) is 17.3 Å². The largest absolute Gasteiger partial charge is 0.481 e. The zero-order valence-corrected chi connectivity index (χ0v) is 10.5. The van der Waals surface area contributed by atoms with Crippen LogP contribution in [0.1, 0.15) is 24.3 Å². The minimum absolute atomic E-state index is 0.182. The Morgan fingerprint density at radius 1 is 1.59 bits per heavy atom. The van der Waals surface area contributed by atoms with Gasteiger partial charge in [0, 0.05) is 19.3 Å². The van der Waals surface area contributed by atoms with E-state index in [4.69, 9.17) is 16.7 Å². The van der Waals surface area contributed by atoms with E-state index in [2.05, 4.69) is 4.98 Å². The fourth-order valence-corrected chi connectivity index (χ4v) is 1.59. The van der Waals surface area contributed by atoms with Gasteiger partial charge in [0.2, 0.25) is 0 Å². The second kappa shape index (κ2) is 5.72. The number of hydrogen-bond acceptors (Lipinski definition) is 2. The van der Waals surface area contributed by atoms with E-state index in [1.165, 1.54) is 17.2 Å². The summed E-state index contributed by atoms with van der Waals surface area (Å²) in [5, 5.41) is 9.27. The summed E-state index contributed by atoms with van der Waals surface area (Å²) < 4.78 is 0. The third kappa shape index (κ3) is 3.49. The van der Waals surface area contributed by atoms with E-state index in [1.807, 2.05) is 0 Å². The van der Waals surface area contributed by atoms with Gasteiger partial charge in [0.25, 0.3) is 5.91 Å². The first kappa shape index (κ1) is 13.6. The minimum Gasteiger partial charge on any atom is -0.481 e. The summed E-state index contributed by atoms with van der Waals surface area (Å²) in [6.45, 7) is 4.01. The molecule has 1 aromatic heterocycles. The van der Waals surface area contributed by atoms with Gasteiger partial charge in [0.05, 0.1) is 10.9 Å². The van der Waals surface area contributed by atoms with Gasteiger partial charge in [-0.3, -0.25) is 9.59 Å². The molecule has 2 N–H and O–H groups in total. The molecular formula is C11H15ClN2O3. The maximum Gasteiger partial charge on any atom is 0.308 e. The van der Waals surface area contributed by atoms with Gasteiger partial charge in [-0.05, 0) is 13.0 Å². The van der Waals surface area contributed by atoms with Crippen molar-refractivity contribution in [2.24, 2.45) is 5.92 Å². The molecule has 1 aromatic rings. The molecule has 0 aliphatic carbocycles. The smallest absolute Gasteiger partial charge is 0.308 e. The molecule has 94 valence electrons. The maximum absolute atomic E-state index is 12.0. The average Bonchev–Trinajstić information content (AvgIpc) is 2.71. The fraction of sp³-hybridized carbons (Fsp3) is 0.455. The molecular weight excluding hydrogens is 244 g/mol. The van der Waals surface area contributed by atoms with Crippen molar-refractivity contribution in [2.75, 3.05) is 13.1 Å². The van der Waals surface area contributed by atoms with Crippen molar-refractivity contribution in [1.82, 2.24) is 9.88 Å². The van der Waals surface area contributed by atoms with E-state index in [0.717, 1.165) is 0 Å². The number of nitrogens with zero attached hydrogens (tertiary/aromatic N) is 1. The van der Waals surface area contributed by atoms with Crippen LogP contribution in [0.25, 0.3) is 0 Å². The van der Waals surface area contributed by atoms with Crippen molar-refractivity contribution in [3.63, 3.8) is 0 Å². The van der Waals surface area contributed by atoms with Crippen LogP contribution in [0.4, 0.5) is 0 Å². The normalized spacial score (nSPS) is 12.2. The lowest BCUT2D eigenvalue weighted by Gasteiger charge is -2.22. The van der Waals surface area contributed by atoms with Crippen LogP contribution in [-0.4, -0.2) is 40.0 Å². The highest BCUT2D eigenvalue weighted by Crippen LogP contribution is 2.12. The minimum atomic E-state index is -0.916. The predicted octanol–water partition coefficient (Wildman–Crippen LogP) is 1.85. The van der Waals surface area contributed by atoms with Crippen molar-refractivity contribution in [2.45, 2.75) is 13.8 Å². The molecule has 0 bridgehead atoms. The molecule has 1 atom stereocenters. The molecule has 0 aromatic carbocycles. The number of carboxylic acid groups (broad SMARTS) is 1. The Kier molecular flexibility index (Phi) is 4.57. The van der Waals surface area contributed by atoms with Crippen LogP contribution in [0.5, 0.6) is 0 Å². The monoisotopic (exact) mass is 258 g/mol. The Morgan fingerprint density at radius 2 is 2.24 bits per heavy atom. The van der Waals surface area contributed by atoms with E-state index >= 15 is 0 Å². The zero-order chi connectivity index (χ0) is 13.0. The first-order valence-electron chi connectivity index (χ1n) is 5.31. The highest BCUT2D eigenvalue weighted by molar-refractivity contribution is 6.30. The number of H-pyrrole nitrogens is 1. The van der Waals surface area contributed by atoms with Crippen LogP contribution >= 0.6 is 11.6 Å². The molecule has 17 heavy (non-hydrogen) atoms. The van der Waals surface area contributed by atoms with Gasteiger partial charge in [0.15, 0.2) is 0 Å². The second-order valence-corrected chi connectivity index (χ2v) is 4.25. The maximum atomic E-state index is 12.0. The first-order valence-corrected chi connectivity index (χ1v) is 5.69. The van der Waals surface area contributed by atoms with Crippen molar-refractivity contribution >= 4 is 23.5 Å². The molecule has 0 aliphatic rings. The van der Waals surface area contributed by atoms with Crippen molar-refractivity contribution in [3.05, 3.63) is 23.0 Å². The number of carbonyl (C=O) groups excluding carboxylic acids is 1. The van der Waals surface area contributed by atoms with Gasteiger partial charge in [-0.25, -0.2) is 0 Å². The molecule has 0 spiro atoms. The standard InChI is InChI=1S/C11H15ClN2O3/c1-3-14(6-7(2)11(16)17)10(15)9-4-8(12)5-13-9/h4-5,7,13H,3,6H2,1-2H3,(H,16,17). The summed E-state index contributed by atoms with van der Waals surface area (Å²) in [5.41, 5.74) is 0.370. The molecule has 1 heterocycles. The summed E-state index contributed by atoms with van der Waals surface area (Å²) in [6, 6.07) is 1.53. The molecule has 0 aliphatic heterocycles. The summed E-state index contributed by atoms with van der Waals surface area (Å²) in [6.07, 6.45) is 1.52. The number of aromatic amines is 1. The Balaban J connectivity index is 2.74. The van der Waals surface area contributed by atoms with E-state index in [1.54, 1.807) is 13.8 Å². The van der Waals surface area contributed by atoms with Crippen LogP contribution in [0.3, 0.4) is 0 Å². The second-order valence-electron chi connectivity index (χ2n) is 3.81. The fourth-order valence-electron chi connectivity index (χ4n) is 1.43. The Bertz CT molecular complexity index is 417. The van der Waals surface area contributed by atoms with E-state index in [-0.39, 0.29) is 12.5 Å². The topological polar surface area (TPSA) is 73.4 Å². The lowest BCUT2D eigenvalue weighted by molar-refractivity contribution is -0.141. The van der Waals surface area contributed by atoms with E-state index < -0.39 is 11.9 Å². The number of aliphatic carboxylic acids is 1. The molecule has 1 rings (SSSR count). The molecule has 0 saturated carbocycles. The molecule has 0 radical (unpaired) electrons. The Morgan fingerprint density at radius 3 is 2.65 bits per heavy atom. The number of hydrogen-bond donors (Lipinski definition) is 2. The predicted molar refractivity (Wildman–Crippen MR) is 64.2 cm³/mol. The molecule has 0 fully saturated rings. The summed E-state index contributed by atoms with van der Waals surface area (Å²) >= 11 is 5.71. The quantitative estimate of drug-likeness (QED) is 0.847. The van der Waals surface area contributed by atoms with Crippen molar-refractivity contribution in [3.8, 4) is 0 Å². The zero-order valence-electron chi connectivity index (χ0n) is 9.74. The first-order chi connectivity index (χ1) is 7.95. The van der Waals surface area contributed by atoms with Gasteiger partial charge < -0.3 is 15.0 Å². The van der Waals surface area contributed by atoms with Gasteiger partial charge in [-0.2, -0.15) is 0 Å². The lowest BCUT2D eigenvalue weighted by atomic mass is 10.1. The molecule has 1 amide bonds. The van der Waals surface area contributed by atoms with Crippen molar-refractivity contribution < 1.29 is 14.7 Å². The highest BCUT2D eigenvalue weighted by atomic mass is 35.5. The highest BCUT2D eigenvalue weighted by Gasteiger charge is 2.21. The third-order valence-electron chi connectivity index (χ3n) is 2.46. The number of rotatable bonds is 5. The van der Waals surface area contributed by atoms with Crippen LogP contribution in [0.15, 0.2) is 12.3 Å². The lowest BCUT2D eigenvalue weighted by Crippen LogP contribution is -2.36. The Labute approximate surface area is 104 Å². The number of carbonyl (C=O) groups is 2.